The van der Waals surface area contributed by atoms with Crippen LogP contribution in [0.1, 0.15) is 13.8 Å². The molecule has 202 valence electrons. The second kappa shape index (κ2) is 11.6. The maximum Gasteiger partial charge on any atom is 0.405 e. The van der Waals surface area contributed by atoms with Crippen LogP contribution in [0.5, 0.6) is 0 Å². The van der Waals surface area contributed by atoms with Crippen LogP contribution in [0.4, 0.5) is 23.2 Å². The van der Waals surface area contributed by atoms with E-state index < -0.39 is 38.6 Å². The van der Waals surface area contributed by atoms with Crippen molar-refractivity contribution in [2.75, 3.05) is 18.5 Å². The van der Waals surface area contributed by atoms with Gasteiger partial charge in [0, 0.05) is 49.8 Å². The number of rotatable bonds is 11. The summed E-state index contributed by atoms with van der Waals surface area (Å²) < 4.78 is 59.5. The molecule has 3 heterocycles. The van der Waals surface area contributed by atoms with Crippen LogP contribution in [0.2, 0.25) is 25.7 Å². The van der Waals surface area contributed by atoms with Crippen molar-refractivity contribution in [3.05, 3.63) is 42.7 Å². The van der Waals surface area contributed by atoms with Crippen molar-refractivity contribution in [1.82, 2.24) is 19.9 Å². The van der Waals surface area contributed by atoms with Crippen LogP contribution in [0.15, 0.2) is 36.9 Å². The Kier molecular flexibility index (Phi) is 8.95. The Morgan fingerprint density at radius 3 is 2.54 bits per heavy atom. The molecule has 12 heteroatoms. The fraction of sp³-hybridized carbons (Fsp3) is 0.480. The lowest BCUT2D eigenvalue weighted by molar-refractivity contribution is -0.139. The molecule has 37 heavy (non-hydrogen) atoms. The Morgan fingerprint density at radius 2 is 1.89 bits per heavy atom. The highest BCUT2D eigenvalue weighted by Gasteiger charge is 2.30. The van der Waals surface area contributed by atoms with E-state index in [0.29, 0.717) is 34.5 Å². The average molecular weight is 540 g/mol. The molecule has 0 spiro atoms. The van der Waals surface area contributed by atoms with Crippen molar-refractivity contribution < 1.29 is 27.1 Å². The number of nitrogens with one attached hydrogen (secondary N) is 2. The van der Waals surface area contributed by atoms with E-state index in [4.69, 9.17) is 4.74 Å². The monoisotopic (exact) mass is 539 g/mol. The van der Waals surface area contributed by atoms with Crippen molar-refractivity contribution in [2.24, 2.45) is 5.92 Å². The summed E-state index contributed by atoms with van der Waals surface area (Å²) >= 11 is 0. The number of anilines is 1. The summed E-state index contributed by atoms with van der Waals surface area (Å²) in [5.41, 5.74) is 2.28. The molecule has 0 aliphatic rings. The molecular weight excluding hydrogens is 506 g/mol. The summed E-state index contributed by atoms with van der Waals surface area (Å²) in [7, 11) is -1.25. The number of hydrogen-bond donors (Lipinski definition) is 2. The summed E-state index contributed by atoms with van der Waals surface area (Å²) in [6.45, 7) is 9.70. The van der Waals surface area contributed by atoms with Crippen molar-refractivity contribution >= 4 is 30.7 Å². The summed E-state index contributed by atoms with van der Waals surface area (Å²) in [6, 6.07) is 3.19. The highest BCUT2D eigenvalue weighted by molar-refractivity contribution is 6.76. The lowest BCUT2D eigenvalue weighted by Crippen LogP contribution is -2.46. The van der Waals surface area contributed by atoms with Gasteiger partial charge in [-0.3, -0.25) is 9.78 Å². The van der Waals surface area contributed by atoms with E-state index in [9.17, 15) is 22.4 Å². The number of fused-ring (bicyclic) bond motifs is 1. The van der Waals surface area contributed by atoms with Gasteiger partial charge in [-0.1, -0.05) is 33.5 Å². The number of amides is 1. The molecule has 3 rings (SSSR count). The fourth-order valence-corrected chi connectivity index (χ4v) is 4.45. The number of pyridine rings is 2. The molecular formula is C25H33F4N5O2Si. The van der Waals surface area contributed by atoms with Crippen molar-refractivity contribution in [3.63, 3.8) is 0 Å². The Morgan fingerprint density at radius 1 is 1.16 bits per heavy atom. The lowest BCUT2D eigenvalue weighted by atomic mass is 10.0. The molecule has 2 N–H and O–H groups in total. The van der Waals surface area contributed by atoms with Crippen molar-refractivity contribution in [3.8, 4) is 11.1 Å². The predicted octanol–water partition coefficient (Wildman–Crippen LogP) is 5.66. The number of halogens is 4. The van der Waals surface area contributed by atoms with Crippen LogP contribution >= 0.6 is 0 Å². The number of carbonyl (C=O) groups excluding carboxylic acids is 1. The van der Waals surface area contributed by atoms with Gasteiger partial charge in [-0.05, 0) is 24.1 Å². The van der Waals surface area contributed by atoms with E-state index in [1.807, 2.05) is 11.5 Å². The number of alkyl halides is 3. The Balaban J connectivity index is 1.86. The third-order valence-electron chi connectivity index (χ3n) is 5.69. The van der Waals surface area contributed by atoms with Crippen LogP contribution in [0.3, 0.4) is 0 Å². The maximum atomic E-state index is 14.1. The smallest absolute Gasteiger partial charge is 0.372 e. The molecule has 1 unspecified atom stereocenters. The molecule has 0 radical (unpaired) electrons. The van der Waals surface area contributed by atoms with Crippen LogP contribution in [0, 0.1) is 11.7 Å². The van der Waals surface area contributed by atoms with Crippen molar-refractivity contribution in [1.29, 1.82) is 0 Å². The van der Waals surface area contributed by atoms with Crippen LogP contribution in [-0.2, 0) is 16.3 Å². The molecule has 3 aromatic heterocycles. The van der Waals surface area contributed by atoms with E-state index in [2.05, 4.69) is 34.9 Å². The van der Waals surface area contributed by atoms with Gasteiger partial charge in [-0.25, -0.2) is 9.37 Å². The van der Waals surface area contributed by atoms with E-state index in [0.717, 1.165) is 12.2 Å². The molecule has 7 nitrogen and oxygen atoms in total. The number of carbonyl (C=O) groups is 1. The minimum atomic E-state index is -4.51. The second-order valence-corrected chi connectivity index (χ2v) is 16.2. The summed E-state index contributed by atoms with van der Waals surface area (Å²) in [6.07, 6.45) is 1.52. The summed E-state index contributed by atoms with van der Waals surface area (Å²) in [4.78, 5) is 20.9. The van der Waals surface area contributed by atoms with Gasteiger partial charge in [-0.2, -0.15) is 13.2 Å². The van der Waals surface area contributed by atoms with Crippen LogP contribution < -0.4 is 10.6 Å². The quantitative estimate of drug-likeness (QED) is 0.187. The van der Waals surface area contributed by atoms with E-state index >= 15 is 0 Å². The molecule has 0 aliphatic heterocycles. The minimum absolute atomic E-state index is 0.250. The number of aromatic nitrogens is 3. The van der Waals surface area contributed by atoms with Gasteiger partial charge >= 0.3 is 6.18 Å². The predicted molar refractivity (Wildman–Crippen MR) is 138 cm³/mol. The van der Waals surface area contributed by atoms with E-state index in [1.54, 1.807) is 30.7 Å². The molecule has 0 saturated heterocycles. The van der Waals surface area contributed by atoms with Gasteiger partial charge in [0.05, 0.1) is 11.9 Å². The highest BCUT2D eigenvalue weighted by atomic mass is 28.3. The molecule has 0 aromatic carbocycles. The highest BCUT2D eigenvalue weighted by Crippen LogP contribution is 2.31. The number of hydrogen-bond acceptors (Lipinski definition) is 5. The first-order valence-electron chi connectivity index (χ1n) is 12.0. The first-order chi connectivity index (χ1) is 17.2. The Labute approximate surface area is 214 Å². The first-order valence-corrected chi connectivity index (χ1v) is 15.7. The van der Waals surface area contributed by atoms with Crippen LogP contribution in [0.25, 0.3) is 22.2 Å². The molecule has 0 aliphatic carbocycles. The summed E-state index contributed by atoms with van der Waals surface area (Å²) in [5, 5.41) is 5.48. The zero-order valence-corrected chi connectivity index (χ0v) is 22.6. The third-order valence-corrected chi connectivity index (χ3v) is 7.39. The van der Waals surface area contributed by atoms with Gasteiger partial charge in [-0.15, -0.1) is 0 Å². The molecule has 3 aromatic rings. The van der Waals surface area contributed by atoms with Gasteiger partial charge in [0.15, 0.2) is 0 Å². The zero-order chi connectivity index (χ0) is 27.4. The van der Waals surface area contributed by atoms with E-state index in [1.165, 1.54) is 12.3 Å². The second-order valence-electron chi connectivity index (χ2n) is 10.5. The molecule has 1 atom stereocenters. The Hall–Kier alpha value is -2.99. The largest absolute Gasteiger partial charge is 0.405 e. The number of ether oxygens (including phenoxy) is 1. The van der Waals surface area contributed by atoms with Gasteiger partial charge in [0.25, 0.3) is 0 Å². The normalized spacial score (nSPS) is 13.2. The lowest BCUT2D eigenvalue weighted by Gasteiger charge is -2.23. The molecule has 0 saturated carbocycles. The van der Waals surface area contributed by atoms with Gasteiger partial charge in [0.2, 0.25) is 5.91 Å². The third kappa shape index (κ3) is 8.25. The zero-order valence-electron chi connectivity index (χ0n) is 21.6. The molecule has 0 bridgehead atoms. The van der Waals surface area contributed by atoms with Crippen LogP contribution in [-0.4, -0.2) is 53.9 Å². The fourth-order valence-electron chi connectivity index (χ4n) is 3.69. The van der Waals surface area contributed by atoms with Gasteiger partial charge in [0.1, 0.15) is 30.8 Å². The minimum Gasteiger partial charge on any atom is -0.372 e. The topological polar surface area (TPSA) is 81.1 Å². The SMILES string of the molecule is CC(C)C(Nc1cncc(-c2cn(COCC[Si](C)(C)C)c3ncc(F)cc23)c1)C(=O)NCC(F)(F)F. The standard InChI is InChI=1S/C25H33F4N5O2Si/c1-16(2)22(24(35)32-14-25(27,28)29)33-19-8-17(10-30-12-19)21-13-34(15-36-6-7-37(3,4)5)23-20(21)9-18(26)11-31-23/h8-13,16,22,33H,6-7,14-15H2,1-5H3,(H,32,35). The van der Waals surface area contributed by atoms with Gasteiger partial charge < -0.3 is 19.9 Å². The number of nitrogens with zero attached hydrogens (tertiary/aromatic N) is 3. The average Bonchev–Trinajstić information content (AvgIpc) is 3.15. The summed E-state index contributed by atoms with van der Waals surface area (Å²) in [5.74, 6) is -1.56. The Bertz CT molecular complexity index is 1220. The molecule has 0 fully saturated rings. The molecule has 1 amide bonds. The maximum absolute atomic E-state index is 14.1. The first kappa shape index (κ1) is 28.6. The van der Waals surface area contributed by atoms with E-state index in [-0.39, 0.29) is 12.6 Å². The van der Waals surface area contributed by atoms with Crippen molar-refractivity contribution in [2.45, 2.75) is 58.5 Å².